The van der Waals surface area contributed by atoms with Gasteiger partial charge in [0.25, 0.3) is 0 Å². The van der Waals surface area contributed by atoms with E-state index in [0.717, 1.165) is 5.57 Å². The second-order valence-electron chi connectivity index (χ2n) is 4.74. The van der Waals surface area contributed by atoms with Crippen molar-refractivity contribution in [3.63, 3.8) is 0 Å². The van der Waals surface area contributed by atoms with E-state index in [2.05, 4.69) is 9.98 Å². The topological polar surface area (TPSA) is 114 Å². The number of nitrogens with two attached hydrogens (primary N) is 2. The number of amides is 2. The van der Waals surface area contributed by atoms with Crippen LogP contribution in [0.15, 0.2) is 20.7 Å². The molecule has 0 saturated heterocycles. The lowest BCUT2D eigenvalue weighted by atomic mass is 10.2. The first-order valence-corrected chi connectivity index (χ1v) is 7.59. The van der Waals surface area contributed by atoms with Crippen molar-refractivity contribution in [2.75, 3.05) is 13.1 Å². The number of hydrogen-bond donors (Lipinski definition) is 2. The maximum Gasteiger partial charge on any atom is 0.227 e. The van der Waals surface area contributed by atoms with Crippen LogP contribution in [0.2, 0.25) is 0 Å². The summed E-state index contributed by atoms with van der Waals surface area (Å²) in [7, 11) is 0. The summed E-state index contributed by atoms with van der Waals surface area (Å²) in [6.07, 6.45) is 1.30. The third kappa shape index (κ3) is 6.03. The van der Waals surface area contributed by atoms with E-state index in [1.54, 1.807) is 4.90 Å². The molecule has 0 radical (unpaired) electrons. The van der Waals surface area contributed by atoms with Gasteiger partial charge in [0.2, 0.25) is 17.8 Å². The molecule has 0 unspecified atom stereocenters. The highest BCUT2D eigenvalue weighted by Gasteiger charge is 2.18. The second-order valence-corrected chi connectivity index (χ2v) is 5.54. The van der Waals surface area contributed by atoms with Gasteiger partial charge in [-0.2, -0.15) is 0 Å². The SMILES string of the molecule is CCC1=C(Cl)N=C(N(CCC(N)=O)CCC(N)=O)N=C(Cl)C1. The number of nitrogens with zero attached hydrogens (tertiary/aromatic N) is 3. The third-order valence-electron chi connectivity index (χ3n) is 3.04. The molecule has 1 aliphatic rings. The van der Waals surface area contributed by atoms with Gasteiger partial charge in [0.1, 0.15) is 10.3 Å². The van der Waals surface area contributed by atoms with E-state index in [1.165, 1.54) is 0 Å². The van der Waals surface area contributed by atoms with Crippen LogP contribution in [0.1, 0.15) is 32.6 Å². The molecule has 1 heterocycles. The Hall–Kier alpha value is -1.60. The molecular weight excluding hydrogens is 329 g/mol. The molecule has 0 aromatic heterocycles. The van der Waals surface area contributed by atoms with Crippen LogP contribution in [0.5, 0.6) is 0 Å². The zero-order chi connectivity index (χ0) is 16.7. The normalized spacial score (nSPS) is 15.0. The summed E-state index contributed by atoms with van der Waals surface area (Å²) in [4.78, 5) is 32.1. The van der Waals surface area contributed by atoms with Gasteiger partial charge in [-0.15, -0.1) is 0 Å². The Bertz CT molecular complexity index is 525. The highest BCUT2D eigenvalue weighted by atomic mass is 35.5. The number of halogens is 2. The Morgan fingerprint density at radius 2 is 1.68 bits per heavy atom. The Balaban J connectivity index is 3.03. The quantitative estimate of drug-likeness (QED) is 0.676. The summed E-state index contributed by atoms with van der Waals surface area (Å²) in [6.45, 7) is 2.45. The molecule has 7 nitrogen and oxygen atoms in total. The van der Waals surface area contributed by atoms with Gasteiger partial charge in [-0.25, -0.2) is 9.98 Å². The fourth-order valence-corrected chi connectivity index (χ4v) is 2.32. The van der Waals surface area contributed by atoms with Crippen LogP contribution in [0.25, 0.3) is 0 Å². The molecule has 1 rings (SSSR count). The predicted octanol–water partition coefficient (Wildman–Crippen LogP) is 1.30. The van der Waals surface area contributed by atoms with E-state index in [0.29, 0.717) is 23.2 Å². The number of carbonyl (C=O) groups is 2. The molecule has 0 atom stereocenters. The molecule has 22 heavy (non-hydrogen) atoms. The maximum absolute atomic E-state index is 11.0. The van der Waals surface area contributed by atoms with E-state index >= 15 is 0 Å². The molecule has 0 fully saturated rings. The largest absolute Gasteiger partial charge is 0.370 e. The average Bonchev–Trinajstić information content (AvgIpc) is 2.56. The Kier molecular flexibility index (Phi) is 7.34. The lowest BCUT2D eigenvalue weighted by molar-refractivity contribution is -0.118. The molecule has 122 valence electrons. The van der Waals surface area contributed by atoms with Gasteiger partial charge >= 0.3 is 0 Å². The monoisotopic (exact) mass is 347 g/mol. The van der Waals surface area contributed by atoms with E-state index in [-0.39, 0.29) is 31.9 Å². The van der Waals surface area contributed by atoms with Gasteiger partial charge < -0.3 is 16.4 Å². The number of rotatable bonds is 7. The smallest absolute Gasteiger partial charge is 0.227 e. The van der Waals surface area contributed by atoms with E-state index in [9.17, 15) is 9.59 Å². The van der Waals surface area contributed by atoms with Gasteiger partial charge in [-0.1, -0.05) is 30.1 Å². The van der Waals surface area contributed by atoms with Crippen LogP contribution in [0.3, 0.4) is 0 Å². The van der Waals surface area contributed by atoms with Gasteiger partial charge in [-0.05, 0) is 12.0 Å². The van der Waals surface area contributed by atoms with Crippen molar-refractivity contribution in [1.82, 2.24) is 4.90 Å². The van der Waals surface area contributed by atoms with Crippen molar-refractivity contribution in [2.45, 2.75) is 32.6 Å². The highest BCUT2D eigenvalue weighted by Crippen LogP contribution is 2.23. The molecule has 0 saturated carbocycles. The first-order valence-electron chi connectivity index (χ1n) is 6.84. The van der Waals surface area contributed by atoms with Crippen LogP contribution < -0.4 is 11.5 Å². The molecule has 0 aromatic rings. The summed E-state index contributed by atoms with van der Waals surface area (Å²) < 4.78 is 0. The van der Waals surface area contributed by atoms with E-state index < -0.39 is 11.8 Å². The lowest BCUT2D eigenvalue weighted by Crippen LogP contribution is -2.36. The number of carbonyl (C=O) groups excluding carboxylic acids is 2. The van der Waals surface area contributed by atoms with Crippen LogP contribution in [-0.4, -0.2) is 40.9 Å². The van der Waals surface area contributed by atoms with Gasteiger partial charge in [0, 0.05) is 32.4 Å². The molecule has 9 heteroatoms. The summed E-state index contributed by atoms with van der Waals surface area (Å²) in [5.74, 6) is -0.686. The summed E-state index contributed by atoms with van der Waals surface area (Å²) >= 11 is 12.3. The van der Waals surface area contributed by atoms with E-state index in [4.69, 9.17) is 34.7 Å². The van der Waals surface area contributed by atoms with Crippen molar-refractivity contribution in [3.8, 4) is 0 Å². The fourth-order valence-electron chi connectivity index (χ4n) is 1.80. The van der Waals surface area contributed by atoms with Crippen molar-refractivity contribution >= 4 is 46.1 Å². The number of allylic oxidation sites excluding steroid dienone is 1. The first-order chi connectivity index (χ1) is 10.3. The number of hydrogen-bond acceptors (Lipinski definition) is 5. The molecule has 4 N–H and O–H groups in total. The van der Waals surface area contributed by atoms with Gasteiger partial charge in [0.15, 0.2) is 0 Å². The first kappa shape index (κ1) is 18.4. The Morgan fingerprint density at radius 1 is 1.14 bits per heavy atom. The molecule has 0 aromatic carbocycles. The van der Waals surface area contributed by atoms with Crippen LogP contribution in [0.4, 0.5) is 0 Å². The summed E-state index contributed by atoms with van der Waals surface area (Å²) in [6, 6.07) is 0. The maximum atomic E-state index is 11.0. The molecular formula is C13H19Cl2N5O2. The number of primary amides is 2. The van der Waals surface area contributed by atoms with Crippen molar-refractivity contribution < 1.29 is 9.59 Å². The van der Waals surface area contributed by atoms with Crippen LogP contribution >= 0.6 is 23.2 Å². The molecule has 0 spiro atoms. The van der Waals surface area contributed by atoms with Crippen LogP contribution in [-0.2, 0) is 9.59 Å². The minimum absolute atomic E-state index is 0.0902. The number of guanidine groups is 1. The third-order valence-corrected chi connectivity index (χ3v) is 3.61. The minimum Gasteiger partial charge on any atom is -0.370 e. The fraction of sp³-hybridized carbons (Fsp3) is 0.538. The number of aliphatic imine (C=N–C) groups is 2. The van der Waals surface area contributed by atoms with Crippen molar-refractivity contribution in [1.29, 1.82) is 0 Å². The summed E-state index contributed by atoms with van der Waals surface area (Å²) in [5.41, 5.74) is 11.2. The molecule has 0 bridgehead atoms. The average molecular weight is 348 g/mol. The predicted molar refractivity (Wildman–Crippen MR) is 87.7 cm³/mol. The van der Waals surface area contributed by atoms with Gasteiger partial charge in [0.05, 0.1) is 0 Å². The van der Waals surface area contributed by atoms with E-state index in [1.807, 2.05) is 6.92 Å². The minimum atomic E-state index is -0.468. The standard InChI is InChI=1S/C13H19Cl2N5O2/c1-2-8-7-9(14)18-13(19-12(8)15)20(5-3-10(16)21)6-4-11(17)22/h2-7H2,1H3,(H2,16,21)(H2,17,22). The zero-order valence-corrected chi connectivity index (χ0v) is 13.8. The second kappa shape index (κ2) is 8.75. The molecule has 1 aliphatic heterocycles. The Morgan fingerprint density at radius 3 is 2.14 bits per heavy atom. The van der Waals surface area contributed by atoms with Crippen LogP contribution in [0, 0.1) is 0 Å². The van der Waals surface area contributed by atoms with Crippen molar-refractivity contribution in [2.24, 2.45) is 21.5 Å². The van der Waals surface area contributed by atoms with Gasteiger partial charge in [-0.3, -0.25) is 9.59 Å². The highest BCUT2D eigenvalue weighted by molar-refractivity contribution is 6.66. The lowest BCUT2D eigenvalue weighted by Gasteiger charge is -2.22. The molecule has 0 aliphatic carbocycles. The van der Waals surface area contributed by atoms with Crippen molar-refractivity contribution in [3.05, 3.63) is 10.7 Å². The zero-order valence-electron chi connectivity index (χ0n) is 12.3. The summed E-state index contributed by atoms with van der Waals surface area (Å²) in [5, 5.41) is 0.662. The molecule has 2 amide bonds. The Labute approximate surface area is 139 Å².